The van der Waals surface area contributed by atoms with Gasteiger partial charge in [0.05, 0.1) is 41.1 Å². The largest absolute Gasteiger partial charge is 0.367 e. The Labute approximate surface area is 207 Å². The number of ether oxygens (including phenoxy) is 1. The van der Waals surface area contributed by atoms with E-state index in [1.807, 2.05) is 30.8 Å². The fourth-order valence-corrected chi connectivity index (χ4v) is 4.81. The van der Waals surface area contributed by atoms with Gasteiger partial charge < -0.3 is 9.64 Å². The highest BCUT2D eigenvalue weighted by Gasteiger charge is 2.31. The summed E-state index contributed by atoms with van der Waals surface area (Å²) >= 11 is 5.99. The number of fused-ring (bicyclic) bond motifs is 1. The second-order valence-electron chi connectivity index (χ2n) is 9.54. The molecule has 1 aliphatic carbocycles. The van der Waals surface area contributed by atoms with E-state index >= 15 is 0 Å². The van der Waals surface area contributed by atoms with Crippen molar-refractivity contribution in [2.75, 3.05) is 18.0 Å². The molecule has 0 amide bonds. The maximum Gasteiger partial charge on any atom is 0.181 e. The highest BCUT2D eigenvalue weighted by molar-refractivity contribution is 6.30. The molecule has 6 rings (SSSR count). The van der Waals surface area contributed by atoms with Crippen LogP contribution < -0.4 is 4.90 Å². The molecule has 180 valence electrons. The van der Waals surface area contributed by atoms with Crippen molar-refractivity contribution in [1.82, 2.24) is 24.7 Å². The van der Waals surface area contributed by atoms with Gasteiger partial charge in [0.2, 0.25) is 0 Å². The molecule has 3 aromatic heterocycles. The topological polar surface area (TPSA) is 69.0 Å². The van der Waals surface area contributed by atoms with Crippen LogP contribution in [0.25, 0.3) is 22.4 Å². The molecule has 1 aromatic carbocycles. The Morgan fingerprint density at radius 1 is 1.06 bits per heavy atom. The van der Waals surface area contributed by atoms with Crippen molar-refractivity contribution < 1.29 is 9.13 Å². The minimum atomic E-state index is -0.423. The van der Waals surface area contributed by atoms with Gasteiger partial charge in [0.15, 0.2) is 5.65 Å². The average Bonchev–Trinajstić information content (AvgIpc) is 3.55. The second-order valence-corrected chi connectivity index (χ2v) is 9.98. The van der Waals surface area contributed by atoms with E-state index in [1.54, 1.807) is 12.1 Å². The van der Waals surface area contributed by atoms with Gasteiger partial charge in [-0.3, -0.25) is 4.68 Å². The minimum Gasteiger partial charge on any atom is -0.367 e. The lowest BCUT2D eigenvalue weighted by molar-refractivity contribution is -0.0173. The molecule has 0 unspecified atom stereocenters. The summed E-state index contributed by atoms with van der Waals surface area (Å²) in [6.45, 7) is 7.20. The van der Waals surface area contributed by atoms with Crippen molar-refractivity contribution in [3.8, 4) is 11.3 Å². The predicted octanol–water partition coefficient (Wildman–Crippen LogP) is 5.60. The van der Waals surface area contributed by atoms with Gasteiger partial charge in [-0.05, 0) is 57.9 Å². The molecule has 9 heteroatoms. The smallest absolute Gasteiger partial charge is 0.181 e. The number of hydrogen-bond donors (Lipinski definition) is 0. The molecule has 4 aromatic rings. The van der Waals surface area contributed by atoms with Gasteiger partial charge in [-0.25, -0.2) is 19.3 Å². The van der Waals surface area contributed by atoms with Crippen LogP contribution in [0.15, 0.2) is 36.7 Å². The third-order valence-electron chi connectivity index (χ3n) is 6.75. The first-order valence-corrected chi connectivity index (χ1v) is 12.3. The van der Waals surface area contributed by atoms with E-state index in [9.17, 15) is 4.39 Å². The number of aromatic nitrogens is 5. The van der Waals surface area contributed by atoms with Gasteiger partial charge in [0.25, 0.3) is 0 Å². The molecule has 2 aliphatic rings. The Morgan fingerprint density at radius 2 is 1.86 bits per heavy atom. The first-order chi connectivity index (χ1) is 16.9. The van der Waals surface area contributed by atoms with Gasteiger partial charge in [-0.15, -0.1) is 0 Å². The Morgan fingerprint density at radius 3 is 2.63 bits per heavy atom. The molecule has 0 N–H and O–H groups in total. The fraction of sp³-hybridized carbons (Fsp3) is 0.385. The van der Waals surface area contributed by atoms with Crippen LogP contribution >= 0.6 is 11.6 Å². The van der Waals surface area contributed by atoms with E-state index in [4.69, 9.17) is 31.3 Å². The normalized spacial score (nSPS) is 20.5. The number of hydrogen-bond acceptors (Lipinski definition) is 6. The van der Waals surface area contributed by atoms with Crippen molar-refractivity contribution >= 4 is 28.5 Å². The monoisotopic (exact) mass is 492 g/mol. The summed E-state index contributed by atoms with van der Waals surface area (Å²) in [5.74, 6) is -0.423. The zero-order valence-electron chi connectivity index (χ0n) is 19.9. The molecule has 1 saturated heterocycles. The third-order valence-corrected chi connectivity index (χ3v) is 6.99. The second kappa shape index (κ2) is 8.53. The van der Waals surface area contributed by atoms with Crippen molar-refractivity contribution in [2.24, 2.45) is 0 Å². The number of morpholine rings is 1. The van der Waals surface area contributed by atoms with Crippen LogP contribution in [0.5, 0.6) is 0 Å². The lowest BCUT2D eigenvalue weighted by Crippen LogP contribution is -2.43. The molecule has 0 radical (unpaired) electrons. The van der Waals surface area contributed by atoms with E-state index in [0.717, 1.165) is 22.6 Å². The zero-order valence-corrected chi connectivity index (χ0v) is 20.6. The van der Waals surface area contributed by atoms with Crippen molar-refractivity contribution in [3.05, 3.63) is 64.5 Å². The summed E-state index contributed by atoms with van der Waals surface area (Å²) in [4.78, 5) is 16.5. The molecular formula is C26H26ClFN6O. The zero-order chi connectivity index (χ0) is 24.3. The van der Waals surface area contributed by atoms with Gasteiger partial charge in [-0.1, -0.05) is 11.6 Å². The Hall–Kier alpha value is -3.10. The van der Waals surface area contributed by atoms with Crippen LogP contribution in [-0.2, 0) is 4.74 Å². The maximum absolute atomic E-state index is 14.9. The summed E-state index contributed by atoms with van der Waals surface area (Å²) in [6.07, 6.45) is 6.22. The number of benzene rings is 1. The number of nitrogens with zero attached hydrogens (tertiary/aromatic N) is 6. The van der Waals surface area contributed by atoms with Gasteiger partial charge in [0.1, 0.15) is 17.4 Å². The summed E-state index contributed by atoms with van der Waals surface area (Å²) in [5.41, 5.74) is 5.64. The fourth-order valence-electron chi connectivity index (χ4n) is 4.65. The summed E-state index contributed by atoms with van der Waals surface area (Å²) in [7, 11) is 0. The van der Waals surface area contributed by atoms with Gasteiger partial charge >= 0.3 is 0 Å². The lowest BCUT2D eigenvalue weighted by atomic mass is 10.1. The number of halogens is 2. The molecule has 4 heterocycles. The summed E-state index contributed by atoms with van der Waals surface area (Å²) in [5, 5.41) is 4.89. The van der Waals surface area contributed by atoms with E-state index in [1.165, 1.54) is 18.9 Å². The van der Waals surface area contributed by atoms with E-state index in [0.29, 0.717) is 46.6 Å². The van der Waals surface area contributed by atoms with Gasteiger partial charge in [-0.2, -0.15) is 5.10 Å². The van der Waals surface area contributed by atoms with E-state index in [2.05, 4.69) is 23.1 Å². The molecule has 0 bridgehead atoms. The van der Waals surface area contributed by atoms with E-state index in [-0.39, 0.29) is 12.2 Å². The van der Waals surface area contributed by atoms with Crippen molar-refractivity contribution in [3.63, 3.8) is 0 Å². The SMILES string of the molecule is Cc1nc2nc(-c3ccc(Cl)cc3F)cc(N3C[C@H](C)O[C@@H](c4cnn(C5CC5)c4)C3)c2nc1C. The predicted molar refractivity (Wildman–Crippen MR) is 133 cm³/mol. The van der Waals surface area contributed by atoms with Crippen LogP contribution in [-0.4, -0.2) is 43.9 Å². The first kappa shape index (κ1) is 22.4. The number of anilines is 1. The molecule has 1 saturated carbocycles. The lowest BCUT2D eigenvalue weighted by Gasteiger charge is -2.38. The van der Waals surface area contributed by atoms with Crippen LogP contribution in [0.2, 0.25) is 5.02 Å². The van der Waals surface area contributed by atoms with Crippen LogP contribution in [0.3, 0.4) is 0 Å². The van der Waals surface area contributed by atoms with Crippen LogP contribution in [0.4, 0.5) is 10.1 Å². The summed E-state index contributed by atoms with van der Waals surface area (Å²) < 4.78 is 23.2. The molecular weight excluding hydrogens is 467 g/mol. The highest BCUT2D eigenvalue weighted by Crippen LogP contribution is 2.37. The molecule has 0 spiro atoms. The van der Waals surface area contributed by atoms with Crippen LogP contribution in [0, 0.1) is 19.7 Å². The Bertz CT molecular complexity index is 1440. The maximum atomic E-state index is 14.9. The first-order valence-electron chi connectivity index (χ1n) is 11.9. The van der Waals surface area contributed by atoms with E-state index < -0.39 is 5.82 Å². The number of aryl methyl sites for hydroxylation is 2. The van der Waals surface area contributed by atoms with Gasteiger partial charge in [0, 0.05) is 35.4 Å². The quantitative estimate of drug-likeness (QED) is 0.369. The Kier molecular flexibility index (Phi) is 5.45. The van der Waals surface area contributed by atoms with Crippen LogP contribution in [0.1, 0.15) is 48.9 Å². The average molecular weight is 493 g/mol. The van der Waals surface area contributed by atoms with Crippen molar-refractivity contribution in [1.29, 1.82) is 0 Å². The highest BCUT2D eigenvalue weighted by atomic mass is 35.5. The molecule has 2 fully saturated rings. The molecule has 1 aliphatic heterocycles. The molecule has 35 heavy (non-hydrogen) atoms. The standard InChI is InChI=1S/C26H26ClFN6O/c1-14-11-33(13-24(35-14)17-10-29-34(12-17)19-5-6-19)23-9-22(20-7-4-18(27)8-21(20)28)32-26-25(23)30-15(2)16(3)31-26/h4,7-10,12,14,19,24H,5-6,11,13H2,1-3H3/t14-,24+/m0/s1. The third kappa shape index (κ3) is 4.25. The number of rotatable bonds is 4. The summed E-state index contributed by atoms with van der Waals surface area (Å²) in [6, 6.07) is 7.05. The molecule has 2 atom stereocenters. The minimum absolute atomic E-state index is 0.0172. The van der Waals surface area contributed by atoms with Crippen molar-refractivity contribution in [2.45, 2.75) is 51.9 Å². The molecule has 7 nitrogen and oxygen atoms in total. The Balaban J connectivity index is 1.45. The number of pyridine rings is 1.